The molecule has 0 bridgehead atoms. The lowest BCUT2D eigenvalue weighted by Gasteiger charge is -1.75. The van der Waals surface area contributed by atoms with Crippen molar-refractivity contribution in [2.24, 2.45) is 0 Å². The van der Waals surface area contributed by atoms with Crippen molar-refractivity contribution in [2.45, 2.75) is 13.8 Å². The number of allylic oxidation sites excluding steroid dienone is 1. The first kappa shape index (κ1) is 6.49. The number of aryl methyl sites for hydroxylation is 1. The van der Waals surface area contributed by atoms with Gasteiger partial charge in [0.25, 0.3) is 0 Å². The maximum atomic E-state index is 4.10. The van der Waals surface area contributed by atoms with Crippen LogP contribution in [0.25, 0.3) is 6.08 Å². The van der Waals surface area contributed by atoms with Crippen LogP contribution in [0.5, 0.6) is 0 Å². The third-order valence-corrected chi connectivity index (χ3v) is 1.85. The SMILES string of the molecule is C/C=C\c1cnc(C)s1. The van der Waals surface area contributed by atoms with Gasteiger partial charge in [0.15, 0.2) is 0 Å². The molecule has 1 nitrogen and oxygen atoms in total. The van der Waals surface area contributed by atoms with E-state index in [1.807, 2.05) is 26.1 Å². The van der Waals surface area contributed by atoms with Gasteiger partial charge in [-0.05, 0) is 19.9 Å². The molecule has 0 fully saturated rings. The summed E-state index contributed by atoms with van der Waals surface area (Å²) in [6.45, 7) is 4.02. The summed E-state index contributed by atoms with van der Waals surface area (Å²) in [5.41, 5.74) is 0. The van der Waals surface area contributed by atoms with Crippen LogP contribution in [0.15, 0.2) is 12.3 Å². The Hall–Kier alpha value is -0.630. The summed E-state index contributed by atoms with van der Waals surface area (Å²) in [7, 11) is 0. The molecule has 0 N–H and O–H groups in total. The minimum atomic E-state index is 1.13. The summed E-state index contributed by atoms with van der Waals surface area (Å²) < 4.78 is 0. The van der Waals surface area contributed by atoms with Crippen LogP contribution in [-0.2, 0) is 0 Å². The summed E-state index contributed by atoms with van der Waals surface area (Å²) in [4.78, 5) is 5.33. The molecule has 0 saturated carbocycles. The number of rotatable bonds is 1. The fraction of sp³-hybridized carbons (Fsp3) is 0.286. The molecule has 0 amide bonds. The summed E-state index contributed by atoms with van der Waals surface area (Å²) in [6, 6.07) is 0. The first-order valence-electron chi connectivity index (χ1n) is 2.88. The Morgan fingerprint density at radius 3 is 2.89 bits per heavy atom. The van der Waals surface area contributed by atoms with Gasteiger partial charge in [0, 0.05) is 11.1 Å². The third kappa shape index (κ3) is 1.64. The van der Waals surface area contributed by atoms with E-state index in [1.165, 1.54) is 4.88 Å². The maximum absolute atomic E-state index is 4.10. The molecule has 0 aliphatic rings. The molecule has 1 heterocycles. The maximum Gasteiger partial charge on any atom is 0.0900 e. The van der Waals surface area contributed by atoms with E-state index in [0.29, 0.717) is 0 Å². The van der Waals surface area contributed by atoms with Crippen LogP contribution in [0.3, 0.4) is 0 Å². The van der Waals surface area contributed by atoms with Gasteiger partial charge in [-0.1, -0.05) is 6.08 Å². The molecule has 1 aromatic heterocycles. The first-order chi connectivity index (χ1) is 4.33. The second-order valence-electron chi connectivity index (χ2n) is 1.78. The van der Waals surface area contributed by atoms with E-state index < -0.39 is 0 Å². The lowest BCUT2D eigenvalue weighted by Crippen LogP contribution is -1.57. The zero-order valence-corrected chi connectivity index (χ0v) is 6.40. The molecular formula is C7H9NS. The lowest BCUT2D eigenvalue weighted by atomic mass is 10.5. The molecule has 1 aromatic rings. The standard InChI is InChI=1S/C7H9NS/c1-3-4-7-5-8-6(2)9-7/h3-5H,1-2H3/b4-3-. The van der Waals surface area contributed by atoms with Crippen molar-refractivity contribution in [1.82, 2.24) is 4.98 Å². The predicted octanol–water partition coefficient (Wildman–Crippen LogP) is 2.48. The molecular weight excluding hydrogens is 130 g/mol. The second kappa shape index (κ2) is 2.78. The van der Waals surface area contributed by atoms with Crippen LogP contribution in [0.1, 0.15) is 16.8 Å². The molecule has 0 aliphatic carbocycles. The highest BCUT2D eigenvalue weighted by molar-refractivity contribution is 7.12. The van der Waals surface area contributed by atoms with Crippen molar-refractivity contribution in [3.8, 4) is 0 Å². The largest absolute Gasteiger partial charge is 0.249 e. The number of aromatic nitrogens is 1. The molecule has 0 aliphatic heterocycles. The third-order valence-electron chi connectivity index (χ3n) is 0.970. The highest BCUT2D eigenvalue weighted by Gasteiger charge is 1.89. The van der Waals surface area contributed by atoms with Gasteiger partial charge in [0.1, 0.15) is 0 Å². The summed E-state index contributed by atoms with van der Waals surface area (Å²) >= 11 is 1.71. The van der Waals surface area contributed by atoms with E-state index in [9.17, 15) is 0 Å². The van der Waals surface area contributed by atoms with Crippen molar-refractivity contribution >= 4 is 17.4 Å². The van der Waals surface area contributed by atoms with Crippen LogP contribution in [0.4, 0.5) is 0 Å². The van der Waals surface area contributed by atoms with E-state index in [4.69, 9.17) is 0 Å². The Morgan fingerprint density at radius 2 is 2.44 bits per heavy atom. The van der Waals surface area contributed by atoms with Crippen LogP contribution in [0.2, 0.25) is 0 Å². The zero-order chi connectivity index (χ0) is 6.69. The Morgan fingerprint density at radius 1 is 1.67 bits per heavy atom. The summed E-state index contributed by atoms with van der Waals surface area (Å²) in [6.07, 6.45) is 5.97. The number of hydrogen-bond acceptors (Lipinski definition) is 2. The number of hydrogen-bond donors (Lipinski definition) is 0. The quantitative estimate of drug-likeness (QED) is 0.582. The van der Waals surface area contributed by atoms with Gasteiger partial charge >= 0.3 is 0 Å². The van der Waals surface area contributed by atoms with Gasteiger partial charge < -0.3 is 0 Å². The molecule has 1 rings (SSSR count). The van der Waals surface area contributed by atoms with Crippen LogP contribution < -0.4 is 0 Å². The zero-order valence-electron chi connectivity index (χ0n) is 5.59. The van der Waals surface area contributed by atoms with Gasteiger partial charge in [-0.15, -0.1) is 11.3 Å². The van der Waals surface area contributed by atoms with Crippen LogP contribution in [0, 0.1) is 6.92 Å². The molecule has 0 radical (unpaired) electrons. The Labute approximate surface area is 59.1 Å². The molecule has 0 saturated heterocycles. The summed E-state index contributed by atoms with van der Waals surface area (Å²) in [5, 5.41) is 1.13. The van der Waals surface area contributed by atoms with Gasteiger partial charge in [-0.2, -0.15) is 0 Å². The predicted molar refractivity (Wildman–Crippen MR) is 41.6 cm³/mol. The van der Waals surface area contributed by atoms with E-state index in [1.54, 1.807) is 11.3 Å². The highest BCUT2D eigenvalue weighted by atomic mass is 32.1. The van der Waals surface area contributed by atoms with Crippen molar-refractivity contribution in [3.63, 3.8) is 0 Å². The smallest absolute Gasteiger partial charge is 0.0900 e. The van der Waals surface area contributed by atoms with Gasteiger partial charge in [0.05, 0.1) is 5.01 Å². The molecule has 9 heavy (non-hydrogen) atoms. The molecule has 0 atom stereocenters. The first-order valence-corrected chi connectivity index (χ1v) is 3.69. The Bertz CT molecular complexity index is 212. The molecule has 0 spiro atoms. The van der Waals surface area contributed by atoms with E-state index in [0.717, 1.165) is 5.01 Å². The van der Waals surface area contributed by atoms with Crippen molar-refractivity contribution in [3.05, 3.63) is 22.2 Å². The average molecular weight is 139 g/mol. The van der Waals surface area contributed by atoms with E-state index in [2.05, 4.69) is 11.1 Å². The van der Waals surface area contributed by atoms with E-state index in [-0.39, 0.29) is 0 Å². The normalized spacial score (nSPS) is 10.9. The second-order valence-corrected chi connectivity index (χ2v) is 3.05. The highest BCUT2D eigenvalue weighted by Crippen LogP contribution is 2.12. The summed E-state index contributed by atoms with van der Waals surface area (Å²) in [5.74, 6) is 0. The van der Waals surface area contributed by atoms with Crippen LogP contribution in [-0.4, -0.2) is 4.98 Å². The minimum Gasteiger partial charge on any atom is -0.249 e. The Kier molecular flexibility index (Phi) is 2.01. The number of thiazole rings is 1. The fourth-order valence-corrected chi connectivity index (χ4v) is 1.38. The average Bonchev–Trinajstić information content (AvgIpc) is 2.17. The van der Waals surface area contributed by atoms with Gasteiger partial charge in [-0.25, -0.2) is 4.98 Å². The van der Waals surface area contributed by atoms with Crippen molar-refractivity contribution in [1.29, 1.82) is 0 Å². The van der Waals surface area contributed by atoms with E-state index >= 15 is 0 Å². The molecule has 0 unspecified atom stereocenters. The monoisotopic (exact) mass is 139 g/mol. The topological polar surface area (TPSA) is 12.9 Å². The molecule has 48 valence electrons. The lowest BCUT2D eigenvalue weighted by molar-refractivity contribution is 1.30. The molecule has 0 aromatic carbocycles. The van der Waals surface area contributed by atoms with Crippen molar-refractivity contribution in [2.75, 3.05) is 0 Å². The Balaban J connectivity index is 2.85. The van der Waals surface area contributed by atoms with Crippen molar-refractivity contribution < 1.29 is 0 Å². The van der Waals surface area contributed by atoms with Gasteiger partial charge in [0.2, 0.25) is 0 Å². The molecule has 2 heteroatoms. The van der Waals surface area contributed by atoms with Crippen LogP contribution >= 0.6 is 11.3 Å². The number of nitrogens with zero attached hydrogens (tertiary/aromatic N) is 1. The minimum absolute atomic E-state index is 1.13. The fourth-order valence-electron chi connectivity index (χ4n) is 0.619. The van der Waals surface area contributed by atoms with Gasteiger partial charge in [-0.3, -0.25) is 0 Å².